The minimum Gasteiger partial charge on any atom is -0.494 e. The Morgan fingerprint density at radius 1 is 0.724 bits per heavy atom. The van der Waals surface area contributed by atoms with Crippen molar-refractivity contribution < 1.29 is 19.7 Å². The molecule has 0 spiro atoms. The monoisotopic (exact) mass is 401 g/mol. The Kier molecular flexibility index (Phi) is 10.7. The highest BCUT2D eigenvalue weighted by molar-refractivity contribution is 5.44. The summed E-state index contributed by atoms with van der Waals surface area (Å²) in [7, 11) is 0. The topological polar surface area (TPSA) is 86.9 Å². The van der Waals surface area contributed by atoms with Crippen LogP contribution in [0.1, 0.15) is 19.8 Å². The van der Waals surface area contributed by atoms with Crippen molar-refractivity contribution in [3.8, 4) is 11.5 Å². The van der Waals surface area contributed by atoms with E-state index in [9.17, 15) is 0 Å². The van der Waals surface area contributed by atoms with Crippen molar-refractivity contribution in [3.05, 3.63) is 48.5 Å². The summed E-state index contributed by atoms with van der Waals surface area (Å²) in [6.07, 6.45) is 2.16. The maximum atomic E-state index is 9.01. The molecule has 2 N–H and O–H groups in total. The lowest BCUT2D eigenvalue weighted by molar-refractivity contribution is 0.141. The van der Waals surface area contributed by atoms with Crippen molar-refractivity contribution >= 4 is 11.4 Å². The van der Waals surface area contributed by atoms with Crippen molar-refractivity contribution in [1.82, 2.24) is 4.90 Å². The maximum absolute atomic E-state index is 9.01. The van der Waals surface area contributed by atoms with Crippen LogP contribution < -0.4 is 9.47 Å². The Balaban J connectivity index is 1.79. The molecule has 0 fully saturated rings. The molecule has 158 valence electrons. The molecule has 7 heteroatoms. The zero-order chi connectivity index (χ0) is 20.7. The van der Waals surface area contributed by atoms with Gasteiger partial charge in [-0.1, -0.05) is 13.3 Å². The lowest BCUT2D eigenvalue weighted by Crippen LogP contribution is -2.33. The van der Waals surface area contributed by atoms with Gasteiger partial charge >= 0.3 is 0 Å². The minimum atomic E-state index is 0.0638. The summed E-state index contributed by atoms with van der Waals surface area (Å²) in [6, 6.07) is 15.0. The molecule has 29 heavy (non-hydrogen) atoms. The van der Waals surface area contributed by atoms with E-state index in [0.717, 1.165) is 42.3 Å². The zero-order valence-electron chi connectivity index (χ0n) is 17.0. The van der Waals surface area contributed by atoms with E-state index in [2.05, 4.69) is 17.2 Å². The fraction of sp³-hybridized carbons (Fsp3) is 0.455. The number of hydrogen-bond donors (Lipinski definition) is 2. The van der Waals surface area contributed by atoms with Crippen molar-refractivity contribution in [2.24, 2.45) is 10.2 Å². The summed E-state index contributed by atoms with van der Waals surface area (Å²) in [4.78, 5) is 1.95. The van der Waals surface area contributed by atoms with Crippen LogP contribution in [0.4, 0.5) is 11.4 Å². The largest absolute Gasteiger partial charge is 0.494 e. The normalized spacial score (nSPS) is 11.3. The van der Waals surface area contributed by atoms with E-state index in [4.69, 9.17) is 19.7 Å². The summed E-state index contributed by atoms with van der Waals surface area (Å²) in [5.74, 6) is 1.58. The Morgan fingerprint density at radius 2 is 1.21 bits per heavy atom. The Hall–Kier alpha value is -2.48. The lowest BCUT2D eigenvalue weighted by atomic mass is 10.3. The fourth-order valence-corrected chi connectivity index (χ4v) is 2.58. The molecule has 0 saturated heterocycles. The van der Waals surface area contributed by atoms with Gasteiger partial charge in [-0.25, -0.2) is 0 Å². The molecule has 7 nitrogen and oxygen atoms in total. The number of aliphatic hydroxyl groups excluding tert-OH is 2. The molecule has 2 aromatic rings. The van der Waals surface area contributed by atoms with Crippen LogP contribution in [0.3, 0.4) is 0 Å². The molecule has 0 atom stereocenters. The highest BCUT2D eigenvalue weighted by atomic mass is 16.5. The number of benzene rings is 2. The summed E-state index contributed by atoms with van der Waals surface area (Å²) in [6.45, 7) is 5.16. The van der Waals surface area contributed by atoms with Gasteiger partial charge in [0, 0.05) is 19.6 Å². The zero-order valence-corrected chi connectivity index (χ0v) is 17.0. The van der Waals surface area contributed by atoms with Crippen molar-refractivity contribution in [3.63, 3.8) is 0 Å². The van der Waals surface area contributed by atoms with E-state index in [1.807, 2.05) is 53.4 Å². The molecular formula is C22H31N3O4. The molecule has 0 aliphatic heterocycles. The molecule has 0 radical (unpaired) electrons. The van der Waals surface area contributed by atoms with Crippen LogP contribution in [-0.2, 0) is 0 Å². The summed E-state index contributed by atoms with van der Waals surface area (Å²) in [5, 5.41) is 26.5. The molecule has 2 aromatic carbocycles. The molecule has 0 aromatic heterocycles. The summed E-state index contributed by atoms with van der Waals surface area (Å²) < 4.78 is 11.3. The quantitative estimate of drug-likeness (QED) is 0.370. The number of azo groups is 1. The van der Waals surface area contributed by atoms with Gasteiger partial charge in [0.2, 0.25) is 0 Å². The van der Waals surface area contributed by atoms with Gasteiger partial charge in [0.25, 0.3) is 0 Å². The van der Waals surface area contributed by atoms with Gasteiger partial charge in [-0.2, -0.15) is 10.2 Å². The molecule has 0 aliphatic carbocycles. The smallest absolute Gasteiger partial charge is 0.119 e. The van der Waals surface area contributed by atoms with Crippen LogP contribution in [0.2, 0.25) is 0 Å². The first-order chi connectivity index (χ1) is 14.2. The second kappa shape index (κ2) is 13.7. The number of aliphatic hydroxyl groups is 2. The van der Waals surface area contributed by atoms with Crippen LogP contribution >= 0.6 is 0 Å². The van der Waals surface area contributed by atoms with Gasteiger partial charge in [0.05, 0.1) is 31.2 Å². The van der Waals surface area contributed by atoms with Crippen molar-refractivity contribution in [2.75, 3.05) is 46.1 Å². The molecule has 2 rings (SSSR count). The Bertz CT molecular complexity index is 699. The molecule has 0 bridgehead atoms. The minimum absolute atomic E-state index is 0.0638. The number of ether oxygens (including phenoxy) is 2. The number of unbranched alkanes of at least 4 members (excludes halogenated alkanes) is 1. The molecule has 0 amide bonds. The van der Waals surface area contributed by atoms with Gasteiger partial charge in [-0.3, -0.25) is 4.90 Å². The van der Waals surface area contributed by atoms with Gasteiger partial charge < -0.3 is 19.7 Å². The molecule has 0 saturated carbocycles. The van der Waals surface area contributed by atoms with Crippen LogP contribution in [-0.4, -0.2) is 61.2 Å². The van der Waals surface area contributed by atoms with E-state index in [-0.39, 0.29) is 13.2 Å². The van der Waals surface area contributed by atoms with Crippen molar-refractivity contribution in [1.29, 1.82) is 0 Å². The van der Waals surface area contributed by atoms with Crippen molar-refractivity contribution in [2.45, 2.75) is 19.8 Å². The molecular weight excluding hydrogens is 370 g/mol. The fourth-order valence-electron chi connectivity index (χ4n) is 2.58. The van der Waals surface area contributed by atoms with Gasteiger partial charge in [0.15, 0.2) is 0 Å². The van der Waals surface area contributed by atoms with Crippen LogP contribution in [0.5, 0.6) is 11.5 Å². The maximum Gasteiger partial charge on any atom is 0.119 e. The van der Waals surface area contributed by atoms with E-state index >= 15 is 0 Å². The van der Waals surface area contributed by atoms with Crippen LogP contribution in [0, 0.1) is 0 Å². The predicted octanol–water partition coefficient (Wildman–Crippen LogP) is 3.95. The second-order valence-corrected chi connectivity index (χ2v) is 6.53. The Morgan fingerprint density at radius 3 is 1.66 bits per heavy atom. The van der Waals surface area contributed by atoms with Gasteiger partial charge in [-0.15, -0.1) is 0 Å². The average molecular weight is 402 g/mol. The highest BCUT2D eigenvalue weighted by Gasteiger charge is 2.04. The summed E-state index contributed by atoms with van der Waals surface area (Å²) >= 11 is 0. The third-order valence-corrected chi connectivity index (χ3v) is 4.23. The van der Waals surface area contributed by atoms with E-state index in [1.165, 1.54) is 0 Å². The van der Waals surface area contributed by atoms with Crippen LogP contribution in [0.25, 0.3) is 0 Å². The third-order valence-electron chi connectivity index (χ3n) is 4.23. The summed E-state index contributed by atoms with van der Waals surface area (Å²) in [5.41, 5.74) is 1.50. The Labute approximate surface area is 172 Å². The highest BCUT2D eigenvalue weighted by Crippen LogP contribution is 2.23. The SMILES string of the molecule is CCCCOc1ccc(N=Nc2ccc(OCCN(CCO)CCO)cc2)cc1. The van der Waals surface area contributed by atoms with E-state index in [0.29, 0.717) is 26.2 Å². The van der Waals surface area contributed by atoms with Crippen LogP contribution in [0.15, 0.2) is 58.8 Å². The second-order valence-electron chi connectivity index (χ2n) is 6.53. The molecule has 0 aliphatic rings. The molecule has 0 heterocycles. The number of rotatable bonds is 14. The van der Waals surface area contributed by atoms with Gasteiger partial charge in [0.1, 0.15) is 18.1 Å². The van der Waals surface area contributed by atoms with Gasteiger partial charge in [-0.05, 0) is 55.0 Å². The number of nitrogens with zero attached hydrogens (tertiary/aromatic N) is 3. The van der Waals surface area contributed by atoms with E-state index in [1.54, 1.807) is 0 Å². The lowest BCUT2D eigenvalue weighted by Gasteiger charge is -2.20. The predicted molar refractivity (Wildman–Crippen MR) is 114 cm³/mol. The third kappa shape index (κ3) is 9.04. The average Bonchev–Trinajstić information content (AvgIpc) is 2.74. The number of hydrogen-bond acceptors (Lipinski definition) is 7. The first-order valence-corrected chi connectivity index (χ1v) is 10.1. The first kappa shape index (κ1) is 22.8. The van der Waals surface area contributed by atoms with E-state index < -0.39 is 0 Å². The first-order valence-electron chi connectivity index (χ1n) is 10.1. The standard InChI is InChI=1S/C22H31N3O4/c1-2-3-17-28-21-8-4-19(5-9-21)23-24-20-6-10-22(11-7-20)29-18-14-25(12-15-26)13-16-27/h4-11,26-27H,2-3,12-18H2,1H3. The molecule has 0 unspecified atom stereocenters.